The Morgan fingerprint density at radius 2 is 1.68 bits per heavy atom. The minimum absolute atomic E-state index is 0.0316. The van der Waals surface area contributed by atoms with Crippen molar-refractivity contribution in [2.24, 2.45) is 0 Å². The highest BCUT2D eigenvalue weighted by molar-refractivity contribution is 6.13. The average Bonchev–Trinajstić information content (AvgIpc) is 2.92. The summed E-state index contributed by atoms with van der Waals surface area (Å²) in [5.41, 5.74) is 1.76. The Bertz CT molecular complexity index is 857. The molecular weight excluding hydrogens is 326 g/mol. The highest BCUT2D eigenvalue weighted by atomic mass is 16.6. The molecule has 3 amide bonds. The van der Waals surface area contributed by atoms with Crippen molar-refractivity contribution >= 4 is 23.7 Å². The van der Waals surface area contributed by atoms with Gasteiger partial charge in [-0.05, 0) is 41.5 Å². The number of nitrogens with one attached hydrogen (secondary N) is 2. The summed E-state index contributed by atoms with van der Waals surface area (Å²) in [4.78, 5) is 32.7. The van der Waals surface area contributed by atoms with Gasteiger partial charge in [-0.1, -0.05) is 12.1 Å². The molecule has 1 saturated heterocycles. The first-order valence-corrected chi connectivity index (χ1v) is 7.31. The zero-order valence-corrected chi connectivity index (χ0v) is 12.9. The molecule has 1 aliphatic rings. The van der Waals surface area contributed by atoms with Crippen molar-refractivity contribution in [2.75, 3.05) is 0 Å². The largest absolute Gasteiger partial charge is 0.489 e. The first-order chi connectivity index (χ1) is 12.0. The highest BCUT2D eigenvalue weighted by Gasteiger charge is 2.22. The van der Waals surface area contributed by atoms with E-state index in [0.29, 0.717) is 5.75 Å². The Morgan fingerprint density at radius 1 is 1.00 bits per heavy atom. The zero-order valence-electron chi connectivity index (χ0n) is 12.9. The predicted molar refractivity (Wildman–Crippen MR) is 88.5 cm³/mol. The summed E-state index contributed by atoms with van der Waals surface area (Å²) in [7, 11) is 0. The number of nitro benzene ring substituents is 1. The molecule has 0 atom stereocenters. The van der Waals surface area contributed by atoms with Gasteiger partial charge < -0.3 is 10.1 Å². The first-order valence-electron chi connectivity index (χ1n) is 7.31. The number of amides is 3. The van der Waals surface area contributed by atoms with E-state index in [1.807, 2.05) is 0 Å². The molecule has 1 fully saturated rings. The summed E-state index contributed by atoms with van der Waals surface area (Å²) in [5, 5.41) is 15.1. The van der Waals surface area contributed by atoms with Gasteiger partial charge in [-0.3, -0.25) is 20.2 Å². The van der Waals surface area contributed by atoms with Crippen LogP contribution in [-0.4, -0.2) is 16.9 Å². The molecule has 0 aromatic heterocycles. The molecule has 0 radical (unpaired) electrons. The van der Waals surface area contributed by atoms with Crippen molar-refractivity contribution in [3.05, 3.63) is 75.5 Å². The van der Waals surface area contributed by atoms with Crippen LogP contribution < -0.4 is 15.4 Å². The molecule has 126 valence electrons. The van der Waals surface area contributed by atoms with Gasteiger partial charge in [-0.25, -0.2) is 4.79 Å². The van der Waals surface area contributed by atoms with Crippen LogP contribution in [0.5, 0.6) is 5.75 Å². The highest BCUT2D eigenvalue weighted by Crippen LogP contribution is 2.18. The number of non-ortho nitro benzene ring substituents is 1. The van der Waals surface area contributed by atoms with Crippen molar-refractivity contribution in [3.63, 3.8) is 0 Å². The smallest absolute Gasteiger partial charge is 0.326 e. The van der Waals surface area contributed by atoms with E-state index in [9.17, 15) is 19.7 Å². The van der Waals surface area contributed by atoms with Gasteiger partial charge in [0.25, 0.3) is 11.6 Å². The minimum Gasteiger partial charge on any atom is -0.489 e. The topological polar surface area (TPSA) is 111 Å². The maximum absolute atomic E-state index is 11.5. The third-order valence-electron chi connectivity index (χ3n) is 3.46. The van der Waals surface area contributed by atoms with Crippen molar-refractivity contribution in [1.29, 1.82) is 0 Å². The fraction of sp³-hybridized carbons (Fsp3) is 0.0588. The van der Waals surface area contributed by atoms with Gasteiger partial charge in [-0.15, -0.1) is 0 Å². The van der Waals surface area contributed by atoms with Gasteiger partial charge in [0.1, 0.15) is 18.1 Å². The van der Waals surface area contributed by atoms with Gasteiger partial charge in [0, 0.05) is 12.1 Å². The molecule has 0 bridgehead atoms. The van der Waals surface area contributed by atoms with Crippen molar-refractivity contribution in [3.8, 4) is 5.75 Å². The van der Waals surface area contributed by atoms with Crippen LogP contribution in [0.4, 0.5) is 10.5 Å². The Kier molecular flexibility index (Phi) is 4.42. The van der Waals surface area contributed by atoms with Crippen LogP contribution in [0.25, 0.3) is 6.08 Å². The number of urea groups is 1. The number of carbonyl (C=O) groups excluding carboxylic acids is 2. The second kappa shape index (κ2) is 6.83. The van der Waals surface area contributed by atoms with E-state index in [0.717, 1.165) is 11.1 Å². The second-order valence-electron chi connectivity index (χ2n) is 5.25. The third kappa shape index (κ3) is 3.99. The molecule has 2 aromatic carbocycles. The molecule has 3 rings (SSSR count). The SMILES string of the molecule is O=C1NC(=O)/C(=C\c2ccc(OCc3ccc([N+](=O)[O-])cc3)cc2)N1. The summed E-state index contributed by atoms with van der Waals surface area (Å²) in [6.45, 7) is 0.275. The zero-order chi connectivity index (χ0) is 17.8. The van der Waals surface area contributed by atoms with E-state index >= 15 is 0 Å². The number of hydrogen-bond donors (Lipinski definition) is 2. The van der Waals surface area contributed by atoms with Gasteiger partial charge >= 0.3 is 6.03 Å². The van der Waals surface area contributed by atoms with E-state index in [1.165, 1.54) is 12.1 Å². The number of carbonyl (C=O) groups is 2. The number of nitrogens with zero attached hydrogens (tertiary/aromatic N) is 1. The molecule has 8 heteroatoms. The van der Waals surface area contributed by atoms with Gasteiger partial charge in [-0.2, -0.15) is 0 Å². The number of ether oxygens (including phenoxy) is 1. The quantitative estimate of drug-likeness (QED) is 0.376. The maximum Gasteiger partial charge on any atom is 0.326 e. The summed E-state index contributed by atoms with van der Waals surface area (Å²) in [6, 6.07) is 12.5. The lowest BCUT2D eigenvalue weighted by Crippen LogP contribution is -2.22. The Labute approximate surface area is 142 Å². The molecule has 1 aliphatic heterocycles. The Hall–Kier alpha value is -3.68. The Morgan fingerprint density at radius 3 is 2.24 bits per heavy atom. The average molecular weight is 339 g/mol. The van der Waals surface area contributed by atoms with Crippen LogP contribution >= 0.6 is 0 Å². The number of benzene rings is 2. The monoisotopic (exact) mass is 339 g/mol. The molecule has 0 saturated carbocycles. The molecule has 8 nitrogen and oxygen atoms in total. The molecule has 1 heterocycles. The normalized spacial score (nSPS) is 15.0. The fourth-order valence-corrected chi connectivity index (χ4v) is 2.19. The molecule has 0 unspecified atom stereocenters. The van der Waals surface area contributed by atoms with Gasteiger partial charge in [0.15, 0.2) is 0 Å². The van der Waals surface area contributed by atoms with E-state index in [-0.39, 0.29) is 18.0 Å². The maximum atomic E-state index is 11.5. The molecular formula is C17H13N3O5. The third-order valence-corrected chi connectivity index (χ3v) is 3.46. The van der Waals surface area contributed by atoms with E-state index < -0.39 is 16.9 Å². The van der Waals surface area contributed by atoms with E-state index in [4.69, 9.17) is 4.74 Å². The van der Waals surface area contributed by atoms with Crippen molar-refractivity contribution in [2.45, 2.75) is 6.61 Å². The van der Waals surface area contributed by atoms with Crippen molar-refractivity contribution < 1.29 is 19.2 Å². The van der Waals surface area contributed by atoms with Crippen LogP contribution in [0.2, 0.25) is 0 Å². The molecule has 0 spiro atoms. The molecule has 25 heavy (non-hydrogen) atoms. The predicted octanol–water partition coefficient (Wildman–Crippen LogP) is 2.35. The van der Waals surface area contributed by atoms with Crippen LogP contribution in [-0.2, 0) is 11.4 Å². The van der Waals surface area contributed by atoms with Crippen LogP contribution in [0.1, 0.15) is 11.1 Å². The van der Waals surface area contributed by atoms with Crippen molar-refractivity contribution in [1.82, 2.24) is 10.6 Å². The number of hydrogen-bond acceptors (Lipinski definition) is 5. The summed E-state index contributed by atoms with van der Waals surface area (Å²) in [5.74, 6) is 0.143. The number of rotatable bonds is 5. The first kappa shape index (κ1) is 16.2. The standard InChI is InChI=1S/C17H13N3O5/c21-16-15(18-17(22)19-16)9-11-3-7-14(8-4-11)25-10-12-1-5-13(6-2-12)20(23)24/h1-9H,10H2,(H2,18,19,21,22)/b15-9+. The number of imide groups is 1. The lowest BCUT2D eigenvalue weighted by atomic mass is 10.2. The van der Waals surface area contributed by atoms with Gasteiger partial charge in [0.2, 0.25) is 0 Å². The molecule has 2 N–H and O–H groups in total. The lowest BCUT2D eigenvalue weighted by Gasteiger charge is -2.06. The summed E-state index contributed by atoms with van der Waals surface area (Å²) < 4.78 is 5.62. The van der Waals surface area contributed by atoms with Crippen LogP contribution in [0, 0.1) is 10.1 Å². The summed E-state index contributed by atoms with van der Waals surface area (Å²) >= 11 is 0. The fourth-order valence-electron chi connectivity index (χ4n) is 2.19. The summed E-state index contributed by atoms with van der Waals surface area (Å²) in [6.07, 6.45) is 1.56. The van der Waals surface area contributed by atoms with E-state index in [2.05, 4.69) is 10.6 Å². The second-order valence-corrected chi connectivity index (χ2v) is 5.25. The minimum atomic E-state index is -0.542. The van der Waals surface area contributed by atoms with Crippen LogP contribution in [0.3, 0.4) is 0 Å². The van der Waals surface area contributed by atoms with Gasteiger partial charge in [0.05, 0.1) is 4.92 Å². The Balaban J connectivity index is 1.61. The van der Waals surface area contributed by atoms with E-state index in [1.54, 1.807) is 42.5 Å². The van der Waals surface area contributed by atoms with Crippen LogP contribution in [0.15, 0.2) is 54.2 Å². The number of nitro groups is 1. The lowest BCUT2D eigenvalue weighted by molar-refractivity contribution is -0.384. The molecule has 2 aromatic rings. The molecule has 0 aliphatic carbocycles.